The second kappa shape index (κ2) is 138. The van der Waals surface area contributed by atoms with Crippen LogP contribution >= 0.6 is 0 Å². The lowest BCUT2D eigenvalue weighted by atomic mass is 10.0. The molecule has 0 saturated carbocycles. The van der Waals surface area contributed by atoms with E-state index in [2.05, 4.69) is 228 Å². The molecular weight excluding hydrogens is 709 g/mol. The highest BCUT2D eigenvalue weighted by atomic mass is 14.0. The maximum absolute atomic E-state index is 2.33. The van der Waals surface area contributed by atoms with Gasteiger partial charge in [0, 0.05) is 0 Å². The summed E-state index contributed by atoms with van der Waals surface area (Å²) in [5.74, 6) is 9.29. The van der Waals surface area contributed by atoms with E-state index in [0.29, 0.717) is 0 Å². The summed E-state index contributed by atoms with van der Waals surface area (Å²) in [4.78, 5) is 0. The topological polar surface area (TPSA) is 0 Å². The Labute approximate surface area is 399 Å². The highest BCUT2D eigenvalue weighted by Crippen LogP contribution is 2.09. The zero-order valence-corrected chi connectivity index (χ0v) is 42.2. The number of rotatable bonds is 4. The van der Waals surface area contributed by atoms with E-state index in [1.165, 1.54) is 25.7 Å². The molecule has 0 aliphatic carbocycles. The van der Waals surface area contributed by atoms with Gasteiger partial charge in [-0.1, -0.05) is 336 Å². The summed E-state index contributed by atoms with van der Waals surface area (Å²) in [6.45, 7) is 71.8. The van der Waals surface area contributed by atoms with E-state index < -0.39 is 0 Å². The zero-order chi connectivity index (χ0) is 42.2. The van der Waals surface area contributed by atoms with Gasteiger partial charge in [-0.2, -0.15) is 0 Å². The number of unbranched alkanes of at least 4 members (excludes halogenated alkanes) is 1. The number of hydrogen-bond donors (Lipinski definition) is 0. The van der Waals surface area contributed by atoms with Crippen molar-refractivity contribution < 1.29 is 0 Å². The molecule has 1 unspecified atom stereocenters. The molecule has 0 aliphatic heterocycles. The van der Waals surface area contributed by atoms with Crippen molar-refractivity contribution in [2.75, 3.05) is 0 Å². The third kappa shape index (κ3) is 5050. The Balaban J connectivity index is -0.0000000126. The normalized spacial score (nSPS) is 7.98. The van der Waals surface area contributed by atoms with E-state index in [1.807, 2.05) is 0 Å². The van der Waals surface area contributed by atoms with Gasteiger partial charge >= 0.3 is 0 Å². The van der Waals surface area contributed by atoms with Crippen LogP contribution in [0, 0.1) is 65.1 Å². The number of hydrogen-bond acceptors (Lipinski definition) is 0. The molecule has 0 rings (SSSR count). The fourth-order valence-electron chi connectivity index (χ4n) is 0.757. The molecule has 0 fully saturated rings. The van der Waals surface area contributed by atoms with Gasteiger partial charge in [-0.15, -0.1) is 0 Å². The van der Waals surface area contributed by atoms with E-state index in [0.717, 1.165) is 65.1 Å². The van der Waals surface area contributed by atoms with Gasteiger partial charge in [-0.05, 0) is 65.1 Å². The molecule has 0 aliphatic rings. The van der Waals surface area contributed by atoms with Crippen LogP contribution < -0.4 is 0 Å². The van der Waals surface area contributed by atoms with Crippen molar-refractivity contribution in [2.45, 2.75) is 336 Å². The van der Waals surface area contributed by atoms with Crippen molar-refractivity contribution in [1.82, 2.24) is 0 Å². The summed E-state index contributed by atoms with van der Waals surface area (Å²) in [5, 5.41) is 0. The summed E-state index contributed by atoms with van der Waals surface area (Å²) in [6.07, 6.45) is 5.53. The van der Waals surface area contributed by atoms with Gasteiger partial charge in [0.1, 0.15) is 0 Å². The van der Waals surface area contributed by atoms with Crippen LogP contribution in [0.2, 0.25) is 0 Å². The van der Waals surface area contributed by atoms with Crippen LogP contribution in [0.1, 0.15) is 336 Å². The molecule has 59 heavy (non-hydrogen) atoms. The maximum Gasteiger partial charge on any atom is -0.0445 e. The van der Waals surface area contributed by atoms with Crippen molar-refractivity contribution in [2.24, 2.45) is 65.1 Å². The van der Waals surface area contributed by atoms with Gasteiger partial charge in [-0.25, -0.2) is 0 Å². The van der Waals surface area contributed by atoms with Crippen molar-refractivity contribution in [1.29, 1.82) is 0 Å². The lowest BCUT2D eigenvalue weighted by molar-refractivity contribution is 0.492. The summed E-state index contributed by atoms with van der Waals surface area (Å²) in [6, 6.07) is 0. The highest BCUT2D eigenvalue weighted by Gasteiger charge is 1.94. The largest absolute Gasteiger partial charge is 0.0776 e. The lowest BCUT2D eigenvalue weighted by Gasteiger charge is -2.04. The molecule has 0 aromatic heterocycles. The van der Waals surface area contributed by atoms with Crippen LogP contribution in [-0.4, -0.2) is 0 Å². The molecule has 0 radical (unpaired) electrons. The molecule has 0 saturated heterocycles. The Morgan fingerprint density at radius 1 is 0.203 bits per heavy atom. The first-order valence-electron chi connectivity index (χ1n) is 21.1. The van der Waals surface area contributed by atoms with E-state index in [-0.39, 0.29) is 81.7 Å². The summed E-state index contributed by atoms with van der Waals surface area (Å²) < 4.78 is 0. The average Bonchev–Trinajstić information content (AvgIpc) is 2.73. The molecule has 0 heteroatoms. The predicted octanol–water partition coefficient (Wildman–Crippen LogP) is 26.8. The molecule has 0 spiro atoms. The van der Waals surface area contributed by atoms with Crippen LogP contribution in [0.15, 0.2) is 0 Å². The first-order chi connectivity index (χ1) is 21.1. The SMILES string of the molecule is C.C.C.C.C.C.C.C.C.C.C.CC(C)C.CC(C)C.CC(C)C.CC(C)C.CC(C)C.CC(C)C.CC(C)C.CC(C)C.CC(C)C.CC(C)C.CCCCC(C)CC. The quantitative estimate of drug-likeness (QED) is 0.264. The Morgan fingerprint density at radius 3 is 0.339 bits per heavy atom. The van der Waals surface area contributed by atoms with Crippen molar-refractivity contribution in [3.8, 4) is 0 Å². The zero-order valence-electron chi connectivity index (χ0n) is 42.2. The molecule has 0 aromatic carbocycles. The van der Waals surface area contributed by atoms with E-state index in [9.17, 15) is 0 Å². The van der Waals surface area contributed by atoms with Crippen molar-refractivity contribution in [3.63, 3.8) is 0 Å². The van der Waals surface area contributed by atoms with Gasteiger partial charge in [0.25, 0.3) is 0 Å². The average molecular weight is 872 g/mol. The summed E-state index contributed by atoms with van der Waals surface area (Å²) in [5.41, 5.74) is 0. The molecule has 0 N–H and O–H groups in total. The highest BCUT2D eigenvalue weighted by molar-refractivity contribution is 4.47. The van der Waals surface area contributed by atoms with Crippen molar-refractivity contribution in [3.05, 3.63) is 0 Å². The fourth-order valence-corrected chi connectivity index (χ4v) is 0.757. The maximum atomic E-state index is 2.33. The minimum Gasteiger partial charge on any atom is -0.0776 e. The minimum atomic E-state index is 0. The smallest absolute Gasteiger partial charge is 0.0445 e. The standard InChI is InChI=1S/C8H18.10C4H10.11CH4/c1-4-6-7-8(3)5-2;10*1-4(2)3;;;;;;;;;;;/h8H,4-7H2,1-3H3;10*4H,1-3H3;11*1H4. The summed E-state index contributed by atoms with van der Waals surface area (Å²) >= 11 is 0. The van der Waals surface area contributed by atoms with Crippen LogP contribution in [-0.2, 0) is 0 Å². The van der Waals surface area contributed by atoms with Gasteiger partial charge in [0.2, 0.25) is 0 Å². The third-order valence-corrected chi connectivity index (χ3v) is 1.75. The van der Waals surface area contributed by atoms with Crippen LogP contribution in [0.25, 0.3) is 0 Å². The molecular formula is C59H162. The minimum absolute atomic E-state index is 0. The molecule has 0 nitrogen and oxygen atoms in total. The molecule has 1 atom stereocenters. The Kier molecular flexibility index (Phi) is 338. The molecule has 0 heterocycles. The first kappa shape index (κ1) is 145. The second-order valence-corrected chi connectivity index (χ2v) is 20.0. The Morgan fingerprint density at radius 2 is 0.288 bits per heavy atom. The second-order valence-electron chi connectivity index (χ2n) is 20.0. The molecule has 0 aromatic rings. The van der Waals surface area contributed by atoms with E-state index >= 15 is 0 Å². The first-order valence-corrected chi connectivity index (χ1v) is 21.1. The third-order valence-electron chi connectivity index (χ3n) is 1.75. The molecule has 398 valence electrons. The summed E-state index contributed by atoms with van der Waals surface area (Å²) in [7, 11) is 0. The van der Waals surface area contributed by atoms with Gasteiger partial charge in [-0.3, -0.25) is 0 Å². The molecule has 0 bridgehead atoms. The molecule has 0 amide bonds. The van der Waals surface area contributed by atoms with Crippen molar-refractivity contribution >= 4 is 0 Å². The van der Waals surface area contributed by atoms with Crippen LogP contribution in [0.5, 0.6) is 0 Å². The fraction of sp³-hybridized carbons (Fsp3) is 1.00. The van der Waals surface area contributed by atoms with Crippen LogP contribution in [0.3, 0.4) is 0 Å². The monoisotopic (exact) mass is 871 g/mol. The van der Waals surface area contributed by atoms with E-state index in [4.69, 9.17) is 0 Å². The van der Waals surface area contributed by atoms with E-state index in [1.54, 1.807) is 0 Å². The van der Waals surface area contributed by atoms with Gasteiger partial charge in [0.15, 0.2) is 0 Å². The Hall–Kier alpha value is 0. The lowest BCUT2D eigenvalue weighted by Crippen LogP contribution is -1.89. The van der Waals surface area contributed by atoms with Crippen LogP contribution in [0.4, 0.5) is 0 Å². The predicted molar refractivity (Wildman–Crippen MR) is 318 cm³/mol. The Bertz CT molecular complexity index is 238. The van der Waals surface area contributed by atoms with Gasteiger partial charge < -0.3 is 0 Å². The van der Waals surface area contributed by atoms with Gasteiger partial charge in [0.05, 0.1) is 0 Å².